The van der Waals surface area contributed by atoms with Crippen molar-refractivity contribution in [3.63, 3.8) is 0 Å². The number of ether oxygens (including phenoxy) is 1. The highest BCUT2D eigenvalue weighted by Gasteiger charge is 2.11. The molecule has 0 N–H and O–H groups in total. The predicted octanol–water partition coefficient (Wildman–Crippen LogP) is 4.89. The highest BCUT2D eigenvalue weighted by molar-refractivity contribution is 9.10. The van der Waals surface area contributed by atoms with E-state index in [-0.39, 0.29) is 5.92 Å². The van der Waals surface area contributed by atoms with Crippen molar-refractivity contribution in [1.29, 1.82) is 0 Å². The molecular weight excluding hydrogens is 328 g/mol. The fraction of sp³-hybridized carbons (Fsp3) is 0.286. The molecule has 0 unspecified atom stereocenters. The molecule has 0 bridgehead atoms. The second-order valence-corrected chi connectivity index (χ2v) is 5.57. The van der Waals surface area contributed by atoms with Gasteiger partial charge in [0, 0.05) is 10.4 Å². The van der Waals surface area contributed by atoms with Crippen molar-refractivity contribution in [2.75, 3.05) is 0 Å². The minimum absolute atomic E-state index is 0.266. The number of hydrogen-bond donors (Lipinski definition) is 0. The molecule has 0 radical (unpaired) electrons. The second kappa shape index (κ2) is 6.35. The van der Waals surface area contributed by atoms with Gasteiger partial charge in [0.25, 0.3) is 0 Å². The van der Waals surface area contributed by atoms with Crippen LogP contribution in [0.4, 0.5) is 0 Å². The SMILES string of the molecule is CC(C)c1ncc(Oc2cccc(Br)c2)c(CCl)n1. The molecule has 1 aromatic heterocycles. The van der Waals surface area contributed by atoms with Crippen LogP contribution in [0.5, 0.6) is 11.5 Å². The lowest BCUT2D eigenvalue weighted by Gasteiger charge is -2.11. The van der Waals surface area contributed by atoms with Gasteiger partial charge in [-0.15, -0.1) is 11.6 Å². The molecule has 5 heteroatoms. The molecule has 0 saturated heterocycles. The first-order valence-corrected chi connectivity index (χ1v) is 7.28. The van der Waals surface area contributed by atoms with Gasteiger partial charge < -0.3 is 4.74 Å². The zero-order chi connectivity index (χ0) is 13.8. The highest BCUT2D eigenvalue weighted by Crippen LogP contribution is 2.27. The summed E-state index contributed by atoms with van der Waals surface area (Å²) in [4.78, 5) is 8.73. The van der Waals surface area contributed by atoms with Gasteiger partial charge in [0.2, 0.25) is 0 Å². The predicted molar refractivity (Wildman–Crippen MR) is 79.9 cm³/mol. The van der Waals surface area contributed by atoms with Crippen molar-refractivity contribution in [2.45, 2.75) is 25.6 Å². The summed E-state index contributed by atoms with van der Waals surface area (Å²) in [6.45, 7) is 4.09. The number of benzene rings is 1. The third kappa shape index (κ3) is 3.67. The average Bonchev–Trinajstić information content (AvgIpc) is 2.39. The standard InChI is InChI=1S/C14H14BrClN2O/c1-9(2)14-17-8-13(12(7-16)18-14)19-11-5-3-4-10(15)6-11/h3-6,8-9H,7H2,1-2H3. The van der Waals surface area contributed by atoms with Crippen molar-refractivity contribution < 1.29 is 4.74 Å². The summed E-state index contributed by atoms with van der Waals surface area (Å²) in [5.74, 6) is 2.66. The van der Waals surface area contributed by atoms with Crippen LogP contribution in [-0.2, 0) is 5.88 Å². The number of rotatable bonds is 4. The smallest absolute Gasteiger partial charge is 0.168 e. The number of aromatic nitrogens is 2. The average molecular weight is 342 g/mol. The Bertz CT molecular complexity index is 575. The molecule has 2 rings (SSSR count). The molecule has 0 saturated carbocycles. The van der Waals surface area contributed by atoms with Gasteiger partial charge in [-0.05, 0) is 18.2 Å². The lowest BCUT2D eigenvalue weighted by atomic mass is 10.2. The minimum atomic E-state index is 0.266. The fourth-order valence-corrected chi connectivity index (χ4v) is 2.11. The first kappa shape index (κ1) is 14.3. The van der Waals surface area contributed by atoms with E-state index < -0.39 is 0 Å². The van der Waals surface area contributed by atoms with E-state index in [9.17, 15) is 0 Å². The number of halogens is 2. The number of alkyl halides is 1. The monoisotopic (exact) mass is 340 g/mol. The van der Waals surface area contributed by atoms with Gasteiger partial charge in [-0.3, -0.25) is 0 Å². The Morgan fingerprint density at radius 3 is 2.79 bits per heavy atom. The quantitative estimate of drug-likeness (QED) is 0.742. The zero-order valence-corrected chi connectivity index (χ0v) is 13.1. The maximum atomic E-state index is 5.93. The topological polar surface area (TPSA) is 35.0 Å². The van der Waals surface area contributed by atoms with E-state index >= 15 is 0 Å². The van der Waals surface area contributed by atoms with Crippen LogP contribution in [0, 0.1) is 0 Å². The Labute approximate surface area is 126 Å². The van der Waals surface area contributed by atoms with E-state index in [4.69, 9.17) is 16.3 Å². The van der Waals surface area contributed by atoms with Gasteiger partial charge in [0.15, 0.2) is 5.75 Å². The molecule has 19 heavy (non-hydrogen) atoms. The van der Waals surface area contributed by atoms with Crippen LogP contribution in [0.2, 0.25) is 0 Å². The summed E-state index contributed by atoms with van der Waals surface area (Å²) >= 11 is 9.33. The Morgan fingerprint density at radius 1 is 1.37 bits per heavy atom. The van der Waals surface area contributed by atoms with E-state index in [0.717, 1.165) is 16.0 Å². The summed E-state index contributed by atoms with van der Waals surface area (Å²) in [6.07, 6.45) is 1.68. The molecule has 0 atom stereocenters. The van der Waals surface area contributed by atoms with Crippen LogP contribution in [0.15, 0.2) is 34.9 Å². The van der Waals surface area contributed by atoms with E-state index in [1.807, 2.05) is 38.1 Å². The lowest BCUT2D eigenvalue weighted by Crippen LogP contribution is -2.02. The Morgan fingerprint density at radius 2 is 2.16 bits per heavy atom. The van der Waals surface area contributed by atoms with Gasteiger partial charge in [0.1, 0.15) is 17.3 Å². The molecule has 100 valence electrons. The van der Waals surface area contributed by atoms with Crippen LogP contribution < -0.4 is 4.74 Å². The Balaban J connectivity index is 2.29. The fourth-order valence-electron chi connectivity index (χ4n) is 1.54. The van der Waals surface area contributed by atoms with Crippen molar-refractivity contribution >= 4 is 27.5 Å². The summed E-state index contributed by atoms with van der Waals surface area (Å²) in [5, 5.41) is 0. The Hall–Kier alpha value is -1.13. The Kier molecular flexibility index (Phi) is 4.77. The van der Waals surface area contributed by atoms with Gasteiger partial charge >= 0.3 is 0 Å². The molecule has 1 aromatic carbocycles. The molecule has 0 aliphatic carbocycles. The first-order chi connectivity index (χ1) is 9.10. The largest absolute Gasteiger partial charge is 0.454 e. The van der Waals surface area contributed by atoms with Gasteiger partial charge in [0.05, 0.1) is 12.1 Å². The van der Waals surface area contributed by atoms with E-state index in [1.54, 1.807) is 6.20 Å². The summed E-state index contributed by atoms with van der Waals surface area (Å²) < 4.78 is 6.73. The van der Waals surface area contributed by atoms with Crippen LogP contribution in [-0.4, -0.2) is 9.97 Å². The third-order valence-corrected chi connectivity index (χ3v) is 3.26. The molecule has 2 aromatic rings. The third-order valence-electron chi connectivity index (χ3n) is 2.51. The van der Waals surface area contributed by atoms with Gasteiger partial charge in [-0.1, -0.05) is 35.8 Å². The van der Waals surface area contributed by atoms with E-state index in [1.165, 1.54) is 0 Å². The van der Waals surface area contributed by atoms with Crippen molar-refractivity contribution in [1.82, 2.24) is 9.97 Å². The molecule has 0 fully saturated rings. The molecule has 1 heterocycles. The van der Waals surface area contributed by atoms with Crippen molar-refractivity contribution in [2.24, 2.45) is 0 Å². The lowest BCUT2D eigenvalue weighted by molar-refractivity contribution is 0.469. The van der Waals surface area contributed by atoms with Gasteiger partial charge in [-0.25, -0.2) is 9.97 Å². The molecule has 3 nitrogen and oxygen atoms in total. The van der Waals surface area contributed by atoms with Crippen LogP contribution in [0.3, 0.4) is 0 Å². The molecule has 0 amide bonds. The van der Waals surface area contributed by atoms with Crippen LogP contribution >= 0.6 is 27.5 Å². The molecule has 0 aliphatic heterocycles. The summed E-state index contributed by atoms with van der Waals surface area (Å²) in [5.41, 5.74) is 0.709. The normalized spacial score (nSPS) is 10.8. The van der Waals surface area contributed by atoms with E-state index in [2.05, 4.69) is 25.9 Å². The van der Waals surface area contributed by atoms with Crippen LogP contribution in [0.1, 0.15) is 31.3 Å². The number of nitrogens with zero attached hydrogens (tertiary/aromatic N) is 2. The van der Waals surface area contributed by atoms with Gasteiger partial charge in [-0.2, -0.15) is 0 Å². The number of hydrogen-bond acceptors (Lipinski definition) is 3. The summed E-state index contributed by atoms with van der Waals surface area (Å²) in [7, 11) is 0. The maximum absolute atomic E-state index is 5.93. The maximum Gasteiger partial charge on any atom is 0.168 e. The minimum Gasteiger partial charge on any atom is -0.454 e. The highest BCUT2D eigenvalue weighted by atomic mass is 79.9. The first-order valence-electron chi connectivity index (χ1n) is 5.95. The summed E-state index contributed by atoms with van der Waals surface area (Å²) in [6, 6.07) is 7.60. The molecule has 0 aliphatic rings. The zero-order valence-electron chi connectivity index (χ0n) is 10.7. The van der Waals surface area contributed by atoms with Crippen molar-refractivity contribution in [3.8, 4) is 11.5 Å². The molecule has 0 spiro atoms. The van der Waals surface area contributed by atoms with Crippen LogP contribution in [0.25, 0.3) is 0 Å². The van der Waals surface area contributed by atoms with Crippen molar-refractivity contribution in [3.05, 3.63) is 46.5 Å². The molecular formula is C14H14BrClN2O. The second-order valence-electron chi connectivity index (χ2n) is 4.39. The van der Waals surface area contributed by atoms with E-state index in [0.29, 0.717) is 17.3 Å².